The monoisotopic (exact) mass is 322 g/mol. The minimum absolute atomic E-state index is 0.204. The highest BCUT2D eigenvalue weighted by Crippen LogP contribution is 2.25. The van der Waals surface area contributed by atoms with Crippen LogP contribution < -0.4 is 0 Å². The fraction of sp³-hybridized carbons (Fsp3) is 0.235. The number of esters is 1. The van der Waals surface area contributed by atoms with Crippen molar-refractivity contribution >= 4 is 29.2 Å². The van der Waals surface area contributed by atoms with Crippen LogP contribution in [0, 0.1) is 0 Å². The lowest BCUT2D eigenvalue weighted by molar-refractivity contribution is 0.0326. The molecule has 1 atom stereocenters. The molecule has 0 saturated heterocycles. The van der Waals surface area contributed by atoms with Crippen molar-refractivity contribution in [3.63, 3.8) is 0 Å². The van der Waals surface area contributed by atoms with Gasteiger partial charge in [0.25, 0.3) is 0 Å². The molecule has 0 aliphatic rings. The molecule has 110 valence electrons. The highest BCUT2D eigenvalue weighted by molar-refractivity contribution is 6.39. The predicted octanol–water partition coefficient (Wildman–Crippen LogP) is 5.17. The Bertz CT molecular complexity index is 591. The fourth-order valence-electron chi connectivity index (χ4n) is 2.01. The number of carbonyl (C=O) groups is 1. The van der Waals surface area contributed by atoms with Crippen molar-refractivity contribution < 1.29 is 9.53 Å². The van der Waals surface area contributed by atoms with Crippen LogP contribution in [0.15, 0.2) is 48.5 Å². The number of ether oxygens (including phenoxy) is 1. The summed E-state index contributed by atoms with van der Waals surface area (Å²) in [6.07, 6.45) is 1.40. The summed E-state index contributed by atoms with van der Waals surface area (Å²) in [5.74, 6) is -0.480. The SMILES string of the molecule is CC(CCc1ccccc1)OC(=O)c1c(Cl)cccc1Cl. The van der Waals surface area contributed by atoms with Crippen LogP contribution >= 0.6 is 23.2 Å². The van der Waals surface area contributed by atoms with Crippen molar-refractivity contribution in [2.45, 2.75) is 25.9 Å². The number of carbonyl (C=O) groups excluding carboxylic acids is 1. The molecule has 4 heteroatoms. The van der Waals surface area contributed by atoms with Crippen LogP contribution in [0.4, 0.5) is 0 Å². The highest BCUT2D eigenvalue weighted by atomic mass is 35.5. The van der Waals surface area contributed by atoms with Crippen LogP contribution in [-0.2, 0) is 11.2 Å². The normalized spacial score (nSPS) is 12.0. The molecule has 0 bridgehead atoms. The highest BCUT2D eigenvalue weighted by Gasteiger charge is 2.18. The Morgan fingerprint density at radius 1 is 1.05 bits per heavy atom. The van der Waals surface area contributed by atoms with Gasteiger partial charge in [-0.2, -0.15) is 0 Å². The third-order valence-corrected chi connectivity index (χ3v) is 3.79. The van der Waals surface area contributed by atoms with E-state index in [-0.39, 0.29) is 11.7 Å². The van der Waals surface area contributed by atoms with Crippen molar-refractivity contribution in [2.24, 2.45) is 0 Å². The molecule has 0 aromatic heterocycles. The molecule has 21 heavy (non-hydrogen) atoms. The van der Waals surface area contributed by atoms with E-state index < -0.39 is 5.97 Å². The largest absolute Gasteiger partial charge is 0.459 e. The van der Waals surface area contributed by atoms with Gasteiger partial charge in [-0.05, 0) is 37.5 Å². The van der Waals surface area contributed by atoms with Crippen molar-refractivity contribution in [1.82, 2.24) is 0 Å². The number of halogens is 2. The second-order valence-electron chi connectivity index (χ2n) is 4.84. The average Bonchev–Trinajstić information content (AvgIpc) is 2.46. The summed E-state index contributed by atoms with van der Waals surface area (Å²) in [5, 5.41) is 0.616. The maximum atomic E-state index is 12.1. The van der Waals surface area contributed by atoms with Crippen LogP contribution in [0.2, 0.25) is 10.0 Å². The van der Waals surface area contributed by atoms with Gasteiger partial charge in [0, 0.05) is 0 Å². The summed E-state index contributed by atoms with van der Waals surface area (Å²) < 4.78 is 5.41. The van der Waals surface area contributed by atoms with E-state index in [0.717, 1.165) is 12.8 Å². The van der Waals surface area contributed by atoms with Gasteiger partial charge in [-0.15, -0.1) is 0 Å². The lowest BCUT2D eigenvalue weighted by Gasteiger charge is -2.14. The molecule has 1 unspecified atom stereocenters. The van der Waals surface area contributed by atoms with Crippen LogP contribution in [0.3, 0.4) is 0 Å². The summed E-state index contributed by atoms with van der Waals surface area (Å²) in [7, 11) is 0. The quantitative estimate of drug-likeness (QED) is 0.710. The van der Waals surface area contributed by atoms with Crippen LogP contribution in [0.1, 0.15) is 29.3 Å². The van der Waals surface area contributed by atoms with E-state index in [1.807, 2.05) is 25.1 Å². The molecule has 0 spiro atoms. The van der Waals surface area contributed by atoms with Crippen LogP contribution in [-0.4, -0.2) is 12.1 Å². The summed E-state index contributed by atoms with van der Waals surface area (Å²) in [6.45, 7) is 1.87. The van der Waals surface area contributed by atoms with Crippen molar-refractivity contribution in [3.8, 4) is 0 Å². The van der Waals surface area contributed by atoms with Gasteiger partial charge in [0.05, 0.1) is 21.7 Å². The maximum Gasteiger partial charge on any atom is 0.341 e. The fourth-order valence-corrected chi connectivity index (χ4v) is 2.56. The predicted molar refractivity (Wildman–Crippen MR) is 86.1 cm³/mol. The Balaban J connectivity index is 1.93. The number of hydrogen-bond donors (Lipinski definition) is 0. The molecule has 2 nitrogen and oxygen atoms in total. The minimum atomic E-state index is -0.480. The molecular formula is C17H16Cl2O2. The molecule has 0 fully saturated rings. The van der Waals surface area contributed by atoms with Crippen molar-refractivity contribution in [3.05, 3.63) is 69.7 Å². The molecule has 0 amide bonds. The Morgan fingerprint density at radius 2 is 1.67 bits per heavy atom. The molecule has 2 aromatic rings. The van der Waals surface area contributed by atoms with E-state index in [4.69, 9.17) is 27.9 Å². The van der Waals surface area contributed by atoms with Gasteiger partial charge in [0.1, 0.15) is 0 Å². The van der Waals surface area contributed by atoms with Crippen molar-refractivity contribution in [1.29, 1.82) is 0 Å². The van der Waals surface area contributed by atoms with Crippen molar-refractivity contribution in [2.75, 3.05) is 0 Å². The van der Waals surface area contributed by atoms with E-state index in [0.29, 0.717) is 10.0 Å². The summed E-state index contributed by atoms with van der Waals surface area (Å²) in [4.78, 5) is 12.1. The molecular weight excluding hydrogens is 307 g/mol. The number of hydrogen-bond acceptors (Lipinski definition) is 2. The molecule has 0 N–H and O–H groups in total. The van der Waals surface area contributed by atoms with E-state index in [1.54, 1.807) is 18.2 Å². The van der Waals surface area contributed by atoms with Gasteiger partial charge in [0.15, 0.2) is 0 Å². The second-order valence-corrected chi connectivity index (χ2v) is 5.65. The van der Waals surface area contributed by atoms with E-state index in [9.17, 15) is 4.79 Å². The zero-order valence-electron chi connectivity index (χ0n) is 11.7. The first kappa shape index (κ1) is 15.9. The third-order valence-electron chi connectivity index (χ3n) is 3.16. The number of rotatable bonds is 5. The number of benzene rings is 2. The maximum absolute atomic E-state index is 12.1. The molecule has 0 saturated carbocycles. The molecule has 0 heterocycles. The van der Waals surface area contributed by atoms with Gasteiger partial charge >= 0.3 is 5.97 Å². The minimum Gasteiger partial charge on any atom is -0.459 e. The summed E-state index contributed by atoms with van der Waals surface area (Å²) in [5.41, 5.74) is 1.45. The lowest BCUT2D eigenvalue weighted by Crippen LogP contribution is -2.16. The van der Waals surface area contributed by atoms with Crippen LogP contribution in [0.25, 0.3) is 0 Å². The Labute approximate surface area is 134 Å². The topological polar surface area (TPSA) is 26.3 Å². The zero-order valence-corrected chi connectivity index (χ0v) is 13.2. The Kier molecular flexibility index (Phi) is 5.66. The average molecular weight is 323 g/mol. The van der Waals surface area contributed by atoms with Gasteiger partial charge in [0.2, 0.25) is 0 Å². The van der Waals surface area contributed by atoms with E-state index >= 15 is 0 Å². The van der Waals surface area contributed by atoms with Gasteiger partial charge in [-0.1, -0.05) is 59.6 Å². The zero-order chi connectivity index (χ0) is 15.2. The molecule has 2 aromatic carbocycles. The lowest BCUT2D eigenvalue weighted by atomic mass is 10.1. The smallest absolute Gasteiger partial charge is 0.341 e. The van der Waals surface area contributed by atoms with Gasteiger partial charge < -0.3 is 4.74 Å². The first-order valence-electron chi connectivity index (χ1n) is 6.77. The summed E-state index contributed by atoms with van der Waals surface area (Å²) in [6, 6.07) is 15.0. The Hall–Kier alpha value is -1.51. The molecule has 0 radical (unpaired) electrons. The first-order valence-corrected chi connectivity index (χ1v) is 7.52. The van der Waals surface area contributed by atoms with Gasteiger partial charge in [-0.3, -0.25) is 0 Å². The standard InChI is InChI=1S/C17H16Cl2O2/c1-12(10-11-13-6-3-2-4-7-13)21-17(20)16-14(18)8-5-9-15(16)19/h2-9,12H,10-11H2,1H3. The Morgan fingerprint density at radius 3 is 2.29 bits per heavy atom. The number of aryl methyl sites for hydroxylation is 1. The summed E-state index contributed by atoms with van der Waals surface area (Å²) >= 11 is 12.0. The first-order chi connectivity index (χ1) is 10.1. The van der Waals surface area contributed by atoms with Gasteiger partial charge in [-0.25, -0.2) is 4.79 Å². The molecule has 2 rings (SSSR count). The van der Waals surface area contributed by atoms with Crippen LogP contribution in [0.5, 0.6) is 0 Å². The third kappa shape index (κ3) is 4.48. The molecule has 0 aliphatic heterocycles. The van der Waals surface area contributed by atoms with E-state index in [2.05, 4.69) is 12.1 Å². The second kappa shape index (κ2) is 7.48. The molecule has 0 aliphatic carbocycles. The van der Waals surface area contributed by atoms with E-state index in [1.165, 1.54) is 5.56 Å².